The highest BCUT2D eigenvalue weighted by Crippen LogP contribution is 2.13. The molecule has 0 saturated carbocycles. The molecule has 26 heavy (non-hydrogen) atoms. The molecule has 1 fully saturated rings. The van der Waals surface area contributed by atoms with E-state index < -0.39 is 4.92 Å². The van der Waals surface area contributed by atoms with E-state index in [0.717, 1.165) is 25.0 Å². The van der Waals surface area contributed by atoms with Gasteiger partial charge in [-0.3, -0.25) is 14.9 Å². The Labute approximate surface area is 152 Å². The standard InChI is InChI=1S/C17H25N5O4/c1-21(2)16(23)12-20-17(19-11-15-4-3-9-26-15)18-10-13-5-7-14(8-6-13)22(24)25/h5-8,15H,3-4,9-12H2,1-2H3,(H2,18,19,20). The van der Waals surface area contributed by atoms with Crippen molar-refractivity contribution in [2.24, 2.45) is 4.99 Å². The second-order valence-corrected chi connectivity index (χ2v) is 6.25. The van der Waals surface area contributed by atoms with Crippen LogP contribution in [0, 0.1) is 10.1 Å². The van der Waals surface area contributed by atoms with Gasteiger partial charge >= 0.3 is 0 Å². The summed E-state index contributed by atoms with van der Waals surface area (Å²) in [7, 11) is 3.38. The highest BCUT2D eigenvalue weighted by atomic mass is 16.6. The Morgan fingerprint density at radius 1 is 1.35 bits per heavy atom. The Hall–Kier alpha value is -2.68. The van der Waals surface area contributed by atoms with Crippen LogP contribution in [0.5, 0.6) is 0 Å². The van der Waals surface area contributed by atoms with Crippen molar-refractivity contribution in [1.29, 1.82) is 0 Å². The number of hydrogen-bond acceptors (Lipinski definition) is 5. The number of nitrogens with zero attached hydrogens (tertiary/aromatic N) is 3. The van der Waals surface area contributed by atoms with Gasteiger partial charge < -0.3 is 20.3 Å². The number of ether oxygens (including phenoxy) is 1. The number of rotatable bonds is 7. The Bertz CT molecular complexity index is 639. The first-order valence-electron chi connectivity index (χ1n) is 8.53. The van der Waals surface area contributed by atoms with Crippen LogP contribution in [-0.2, 0) is 16.1 Å². The fourth-order valence-corrected chi connectivity index (χ4v) is 2.40. The molecular weight excluding hydrogens is 338 g/mol. The third kappa shape index (κ3) is 6.32. The topological polar surface area (TPSA) is 109 Å². The molecule has 9 heteroatoms. The summed E-state index contributed by atoms with van der Waals surface area (Å²) in [6.45, 7) is 1.86. The van der Waals surface area contributed by atoms with Crippen molar-refractivity contribution in [2.45, 2.75) is 25.5 Å². The Morgan fingerprint density at radius 2 is 2.08 bits per heavy atom. The van der Waals surface area contributed by atoms with Crippen LogP contribution in [0.4, 0.5) is 5.69 Å². The van der Waals surface area contributed by atoms with E-state index in [1.165, 1.54) is 17.0 Å². The van der Waals surface area contributed by atoms with E-state index in [0.29, 0.717) is 19.0 Å². The first kappa shape index (κ1) is 19.6. The lowest BCUT2D eigenvalue weighted by Gasteiger charge is -2.17. The lowest BCUT2D eigenvalue weighted by atomic mass is 10.2. The number of nitro benzene ring substituents is 1. The van der Waals surface area contributed by atoms with Gasteiger partial charge in [-0.25, -0.2) is 4.99 Å². The van der Waals surface area contributed by atoms with Crippen molar-refractivity contribution >= 4 is 17.6 Å². The van der Waals surface area contributed by atoms with E-state index in [4.69, 9.17) is 4.74 Å². The van der Waals surface area contributed by atoms with Gasteiger partial charge in [-0.2, -0.15) is 0 Å². The number of likely N-dealkylation sites (N-methyl/N-ethyl adjacent to an activating group) is 1. The maximum atomic E-state index is 11.8. The zero-order chi connectivity index (χ0) is 18.9. The van der Waals surface area contributed by atoms with E-state index in [-0.39, 0.29) is 24.2 Å². The van der Waals surface area contributed by atoms with Crippen molar-refractivity contribution in [3.63, 3.8) is 0 Å². The summed E-state index contributed by atoms with van der Waals surface area (Å²) >= 11 is 0. The molecule has 0 aliphatic carbocycles. The minimum atomic E-state index is -0.434. The summed E-state index contributed by atoms with van der Waals surface area (Å²) in [6, 6.07) is 6.25. The number of non-ortho nitro benzene ring substituents is 1. The Morgan fingerprint density at radius 3 is 2.65 bits per heavy atom. The molecule has 1 saturated heterocycles. The van der Waals surface area contributed by atoms with E-state index in [1.807, 2.05) is 0 Å². The summed E-state index contributed by atoms with van der Waals surface area (Å²) in [4.78, 5) is 28.0. The summed E-state index contributed by atoms with van der Waals surface area (Å²) < 4.78 is 5.58. The number of nitro groups is 1. The first-order valence-corrected chi connectivity index (χ1v) is 8.53. The van der Waals surface area contributed by atoms with Crippen molar-refractivity contribution < 1.29 is 14.5 Å². The second kappa shape index (κ2) is 9.71. The Balaban J connectivity index is 1.96. The van der Waals surface area contributed by atoms with Crippen molar-refractivity contribution in [3.8, 4) is 0 Å². The molecule has 1 atom stereocenters. The van der Waals surface area contributed by atoms with Crippen LogP contribution in [0.3, 0.4) is 0 Å². The third-order valence-corrected chi connectivity index (χ3v) is 3.99. The molecule has 2 N–H and O–H groups in total. The normalized spacial score (nSPS) is 17.0. The van der Waals surface area contributed by atoms with Crippen LogP contribution in [0.1, 0.15) is 18.4 Å². The molecule has 1 aliphatic rings. The number of amides is 1. The van der Waals surface area contributed by atoms with Crippen molar-refractivity contribution in [3.05, 3.63) is 39.9 Å². The molecule has 0 aromatic heterocycles. The third-order valence-electron chi connectivity index (χ3n) is 3.99. The molecule has 2 rings (SSSR count). The predicted molar refractivity (Wildman–Crippen MR) is 97.9 cm³/mol. The molecule has 0 bridgehead atoms. The van der Waals surface area contributed by atoms with Gasteiger partial charge in [-0.15, -0.1) is 0 Å². The van der Waals surface area contributed by atoms with Crippen LogP contribution in [0.2, 0.25) is 0 Å². The minimum absolute atomic E-state index is 0.0455. The molecule has 142 valence electrons. The molecule has 9 nitrogen and oxygen atoms in total. The van der Waals surface area contributed by atoms with Crippen LogP contribution >= 0.6 is 0 Å². The molecular formula is C17H25N5O4. The minimum Gasteiger partial charge on any atom is -0.376 e. The zero-order valence-electron chi connectivity index (χ0n) is 15.1. The SMILES string of the molecule is CN(C)C(=O)CNC(=NCc1ccc([N+](=O)[O-])cc1)NCC1CCCO1. The van der Waals surface area contributed by atoms with Gasteiger partial charge in [0.25, 0.3) is 5.69 Å². The number of hydrogen-bond donors (Lipinski definition) is 2. The average molecular weight is 363 g/mol. The van der Waals surface area contributed by atoms with Gasteiger partial charge in [0.1, 0.15) is 0 Å². The number of nitrogens with one attached hydrogen (secondary N) is 2. The van der Waals surface area contributed by atoms with Crippen LogP contribution in [-0.4, -0.2) is 61.6 Å². The number of aliphatic imine (C=N–C) groups is 1. The van der Waals surface area contributed by atoms with Crippen LogP contribution < -0.4 is 10.6 Å². The van der Waals surface area contributed by atoms with Crippen molar-refractivity contribution in [1.82, 2.24) is 15.5 Å². The van der Waals surface area contributed by atoms with E-state index in [9.17, 15) is 14.9 Å². The van der Waals surface area contributed by atoms with E-state index in [2.05, 4.69) is 15.6 Å². The monoisotopic (exact) mass is 363 g/mol. The summed E-state index contributed by atoms with van der Waals surface area (Å²) in [5.41, 5.74) is 0.886. The van der Waals surface area contributed by atoms with Gasteiger partial charge in [0, 0.05) is 39.4 Å². The molecule has 0 radical (unpaired) electrons. The quantitative estimate of drug-likeness (QED) is 0.322. The number of guanidine groups is 1. The highest BCUT2D eigenvalue weighted by molar-refractivity contribution is 5.86. The maximum absolute atomic E-state index is 11.8. The largest absolute Gasteiger partial charge is 0.376 e. The molecule has 1 aliphatic heterocycles. The summed E-state index contributed by atoms with van der Waals surface area (Å²) in [5, 5.41) is 16.9. The van der Waals surface area contributed by atoms with E-state index in [1.54, 1.807) is 26.2 Å². The summed E-state index contributed by atoms with van der Waals surface area (Å²) in [5.74, 6) is 0.445. The molecule has 0 spiro atoms. The van der Waals surface area contributed by atoms with E-state index >= 15 is 0 Å². The highest BCUT2D eigenvalue weighted by Gasteiger charge is 2.16. The lowest BCUT2D eigenvalue weighted by Crippen LogP contribution is -2.45. The molecule has 1 aromatic carbocycles. The van der Waals surface area contributed by atoms with Gasteiger partial charge in [-0.05, 0) is 18.4 Å². The molecule has 1 heterocycles. The number of carbonyl (C=O) groups excluding carboxylic acids is 1. The summed E-state index contributed by atoms with van der Waals surface area (Å²) in [6.07, 6.45) is 2.19. The Kier molecular flexibility index (Phi) is 7.34. The smallest absolute Gasteiger partial charge is 0.269 e. The van der Waals surface area contributed by atoms with Gasteiger partial charge in [0.15, 0.2) is 5.96 Å². The lowest BCUT2D eigenvalue weighted by molar-refractivity contribution is -0.384. The molecule has 1 unspecified atom stereocenters. The fraction of sp³-hybridized carbons (Fsp3) is 0.529. The first-order chi connectivity index (χ1) is 12.5. The van der Waals surface area contributed by atoms with Gasteiger partial charge in [0.2, 0.25) is 5.91 Å². The maximum Gasteiger partial charge on any atom is 0.269 e. The average Bonchev–Trinajstić information content (AvgIpc) is 3.14. The second-order valence-electron chi connectivity index (χ2n) is 6.25. The van der Waals surface area contributed by atoms with Gasteiger partial charge in [0.05, 0.1) is 24.1 Å². The van der Waals surface area contributed by atoms with Crippen LogP contribution in [0.25, 0.3) is 0 Å². The predicted octanol–water partition coefficient (Wildman–Crippen LogP) is 0.897. The van der Waals surface area contributed by atoms with Crippen LogP contribution in [0.15, 0.2) is 29.3 Å². The van der Waals surface area contributed by atoms with Gasteiger partial charge in [-0.1, -0.05) is 12.1 Å². The fourth-order valence-electron chi connectivity index (χ4n) is 2.40. The van der Waals surface area contributed by atoms with Crippen molar-refractivity contribution in [2.75, 3.05) is 33.8 Å². The number of benzene rings is 1. The zero-order valence-corrected chi connectivity index (χ0v) is 15.1. The molecule has 1 amide bonds. The molecule has 1 aromatic rings. The number of carbonyl (C=O) groups is 1.